The van der Waals surface area contributed by atoms with Gasteiger partial charge >= 0.3 is 5.91 Å². The number of hydrazone groups is 2. The number of H-pyrrole nitrogens is 1. The summed E-state index contributed by atoms with van der Waals surface area (Å²) in [5, 5.41) is 34.8. The van der Waals surface area contributed by atoms with Gasteiger partial charge in [-0.25, -0.2) is 5.10 Å². The number of benzene rings is 3. The normalized spacial score (nSPS) is 14.2. The molecule has 1 amide bonds. The van der Waals surface area contributed by atoms with E-state index in [2.05, 4.69) is 36.3 Å². The fourth-order valence-electron chi connectivity index (χ4n) is 3.84. The molecule has 1 aliphatic rings. The van der Waals surface area contributed by atoms with Crippen LogP contribution in [0.15, 0.2) is 70.9 Å². The molecule has 0 atom stereocenters. The van der Waals surface area contributed by atoms with E-state index in [1.165, 1.54) is 5.01 Å². The van der Waals surface area contributed by atoms with Gasteiger partial charge in [-0.05, 0) is 72.2 Å². The van der Waals surface area contributed by atoms with Gasteiger partial charge in [0.05, 0.1) is 18.0 Å². The quantitative estimate of drug-likeness (QED) is 0.270. The number of ether oxygens (including phenoxy) is 1. The minimum Gasteiger partial charge on any atom is -0.505 e. The maximum atomic E-state index is 13.2. The number of hydrogen-bond donors (Lipinski definition) is 3. The smallest absolute Gasteiger partial charge is 0.304 e. The number of rotatable bonds is 6. The Bertz CT molecular complexity index is 1530. The molecule has 4 aromatic rings. The number of anilines is 2. The largest absolute Gasteiger partial charge is 0.505 e. The molecule has 1 aliphatic heterocycles. The van der Waals surface area contributed by atoms with Crippen molar-refractivity contribution in [3.63, 3.8) is 0 Å². The molecule has 1 aromatic heterocycles. The van der Waals surface area contributed by atoms with Gasteiger partial charge < -0.3 is 9.84 Å². The fraction of sp³-hybridized carbons (Fsp3) is 0.154. The maximum Gasteiger partial charge on any atom is 0.304 e. The molecule has 0 radical (unpaired) electrons. The van der Waals surface area contributed by atoms with Crippen LogP contribution in [0.1, 0.15) is 18.1 Å². The number of para-hydroxylation sites is 1. The molecule has 3 aromatic carbocycles. The number of hydrogen-bond acceptors (Lipinski definition) is 9. The molecule has 186 valence electrons. The van der Waals surface area contributed by atoms with Crippen LogP contribution in [0.3, 0.4) is 0 Å². The molecule has 0 saturated heterocycles. The third kappa shape index (κ3) is 4.61. The first kappa shape index (κ1) is 23.7. The molecule has 11 heteroatoms. The predicted octanol–water partition coefficient (Wildman–Crippen LogP) is 4.02. The highest BCUT2D eigenvalue weighted by atomic mass is 16.5. The zero-order valence-electron chi connectivity index (χ0n) is 20.4. The lowest BCUT2D eigenvalue weighted by molar-refractivity contribution is -0.112. The first-order chi connectivity index (χ1) is 18.0. The van der Waals surface area contributed by atoms with E-state index in [9.17, 15) is 9.90 Å². The number of aromatic nitrogens is 4. The number of aromatic hydroxyl groups is 1. The predicted molar refractivity (Wildman–Crippen MR) is 140 cm³/mol. The molecule has 37 heavy (non-hydrogen) atoms. The van der Waals surface area contributed by atoms with E-state index in [1.807, 2.05) is 56.3 Å². The van der Waals surface area contributed by atoms with Gasteiger partial charge in [0.1, 0.15) is 5.75 Å². The summed E-state index contributed by atoms with van der Waals surface area (Å²) in [7, 11) is 0. The van der Waals surface area contributed by atoms with Crippen LogP contribution in [-0.4, -0.2) is 49.9 Å². The Hall–Kier alpha value is -5.06. The van der Waals surface area contributed by atoms with Crippen LogP contribution >= 0.6 is 0 Å². The lowest BCUT2D eigenvalue weighted by Crippen LogP contribution is -2.29. The summed E-state index contributed by atoms with van der Waals surface area (Å²) < 4.78 is 5.59. The molecule has 0 fully saturated rings. The number of tetrazole rings is 1. The number of carbonyl (C=O) groups excluding carboxylic acids is 1. The fourth-order valence-corrected chi connectivity index (χ4v) is 3.84. The van der Waals surface area contributed by atoms with Crippen LogP contribution in [0.4, 0.5) is 11.4 Å². The molecular weight excluding hydrogens is 472 g/mol. The van der Waals surface area contributed by atoms with Crippen molar-refractivity contribution in [1.29, 1.82) is 0 Å². The molecule has 0 bridgehead atoms. The third-order valence-electron chi connectivity index (χ3n) is 5.92. The van der Waals surface area contributed by atoms with E-state index in [4.69, 9.17) is 4.74 Å². The number of amides is 1. The van der Waals surface area contributed by atoms with Crippen molar-refractivity contribution >= 4 is 28.9 Å². The molecular formula is C26H24N8O3. The van der Waals surface area contributed by atoms with E-state index >= 15 is 0 Å². The second kappa shape index (κ2) is 9.90. The first-order valence-corrected chi connectivity index (χ1v) is 11.6. The second-order valence-electron chi connectivity index (χ2n) is 8.33. The highest BCUT2D eigenvalue weighted by molar-refractivity contribution is 6.70. The molecule has 2 heterocycles. The van der Waals surface area contributed by atoms with Gasteiger partial charge in [0, 0.05) is 11.1 Å². The molecule has 11 nitrogen and oxygen atoms in total. The summed E-state index contributed by atoms with van der Waals surface area (Å²) in [5.74, 6) is 0.134. The zero-order valence-corrected chi connectivity index (χ0v) is 20.4. The highest BCUT2D eigenvalue weighted by Gasteiger charge is 2.35. The number of phenols is 1. The van der Waals surface area contributed by atoms with Gasteiger partial charge in [0.25, 0.3) is 5.90 Å². The van der Waals surface area contributed by atoms with Crippen LogP contribution in [0, 0.1) is 13.8 Å². The maximum absolute atomic E-state index is 13.2. The highest BCUT2D eigenvalue weighted by Crippen LogP contribution is 2.36. The summed E-state index contributed by atoms with van der Waals surface area (Å²) in [4.78, 5) is 13.2. The molecule has 0 spiro atoms. The second-order valence-corrected chi connectivity index (χ2v) is 8.33. The Morgan fingerprint density at radius 2 is 1.86 bits per heavy atom. The van der Waals surface area contributed by atoms with E-state index in [-0.39, 0.29) is 17.4 Å². The van der Waals surface area contributed by atoms with Crippen molar-refractivity contribution in [3.05, 3.63) is 71.8 Å². The van der Waals surface area contributed by atoms with E-state index < -0.39 is 5.91 Å². The molecule has 0 aliphatic carbocycles. The van der Waals surface area contributed by atoms with Crippen molar-refractivity contribution in [2.24, 2.45) is 10.2 Å². The van der Waals surface area contributed by atoms with Crippen molar-refractivity contribution < 1.29 is 14.6 Å². The SMILES string of the molecule is CCOC1=NN(c2ccc(C)c(C)c2)C(=O)/C1=N\Nc1cccc(-c2cccc(-c3nnn[nH]3)c2)c1O. The van der Waals surface area contributed by atoms with Crippen molar-refractivity contribution in [1.82, 2.24) is 20.6 Å². The Morgan fingerprint density at radius 1 is 1.05 bits per heavy atom. The number of nitrogens with zero attached hydrogens (tertiary/aromatic N) is 6. The number of nitrogens with one attached hydrogen (secondary N) is 2. The average molecular weight is 497 g/mol. The monoisotopic (exact) mass is 496 g/mol. The van der Waals surface area contributed by atoms with Gasteiger partial charge in [-0.1, -0.05) is 36.4 Å². The van der Waals surface area contributed by atoms with Gasteiger partial charge in [0.2, 0.25) is 5.71 Å². The molecule has 5 rings (SSSR count). The zero-order chi connectivity index (χ0) is 25.9. The summed E-state index contributed by atoms with van der Waals surface area (Å²) in [6, 6.07) is 18.3. The Labute approximate surface area is 212 Å². The van der Waals surface area contributed by atoms with Crippen LogP contribution in [-0.2, 0) is 9.53 Å². The number of aryl methyl sites for hydroxylation is 2. The van der Waals surface area contributed by atoms with Gasteiger partial charge in [0.15, 0.2) is 5.82 Å². The lowest BCUT2D eigenvalue weighted by atomic mass is 10.0. The average Bonchev–Trinajstić information content (AvgIpc) is 3.54. The van der Waals surface area contributed by atoms with Crippen molar-refractivity contribution in [2.45, 2.75) is 20.8 Å². The Morgan fingerprint density at radius 3 is 2.62 bits per heavy atom. The van der Waals surface area contributed by atoms with Crippen LogP contribution in [0.25, 0.3) is 22.5 Å². The number of carbonyl (C=O) groups is 1. The topological polar surface area (TPSA) is 141 Å². The lowest BCUT2D eigenvalue weighted by Gasteiger charge is -2.13. The standard InChI is InChI=1S/C26H24N8O3/c1-4-37-25-22(26(36)34(31-25)19-12-11-15(2)16(3)13-19)28-27-21-10-6-9-20(23(21)35)17-7-5-8-18(14-17)24-29-32-33-30-24/h5-14,27,35H,4H2,1-3H3,(H,29,30,32,33)/b28-22-. The summed E-state index contributed by atoms with van der Waals surface area (Å²) in [5.41, 5.74) is 7.96. The molecule has 0 unspecified atom stereocenters. The van der Waals surface area contributed by atoms with Crippen LogP contribution < -0.4 is 10.4 Å². The molecule has 3 N–H and O–H groups in total. The summed E-state index contributed by atoms with van der Waals surface area (Å²) in [6.45, 7) is 6.08. The van der Waals surface area contributed by atoms with E-state index in [0.29, 0.717) is 29.4 Å². The third-order valence-corrected chi connectivity index (χ3v) is 5.92. The minimum absolute atomic E-state index is 0.00435. The minimum atomic E-state index is -0.441. The summed E-state index contributed by atoms with van der Waals surface area (Å²) >= 11 is 0. The van der Waals surface area contributed by atoms with Gasteiger partial charge in [-0.15, -0.1) is 10.2 Å². The Balaban J connectivity index is 1.44. The van der Waals surface area contributed by atoms with Gasteiger partial charge in [-0.2, -0.15) is 10.1 Å². The Kier molecular flexibility index (Phi) is 6.33. The van der Waals surface area contributed by atoms with E-state index in [0.717, 1.165) is 22.3 Å². The van der Waals surface area contributed by atoms with Crippen LogP contribution in [0.5, 0.6) is 5.75 Å². The van der Waals surface area contributed by atoms with Crippen LogP contribution in [0.2, 0.25) is 0 Å². The van der Waals surface area contributed by atoms with E-state index in [1.54, 1.807) is 25.1 Å². The number of aromatic amines is 1. The first-order valence-electron chi connectivity index (χ1n) is 11.6. The van der Waals surface area contributed by atoms with Crippen molar-refractivity contribution in [2.75, 3.05) is 17.0 Å². The number of phenolic OH excluding ortho intramolecular Hbond substituents is 1. The summed E-state index contributed by atoms with van der Waals surface area (Å²) in [6.07, 6.45) is 0. The van der Waals surface area contributed by atoms with Gasteiger partial charge in [-0.3, -0.25) is 10.2 Å². The van der Waals surface area contributed by atoms with Crippen molar-refractivity contribution in [3.8, 4) is 28.3 Å². The molecule has 0 saturated carbocycles.